The first-order valence-corrected chi connectivity index (χ1v) is 6.39. The Morgan fingerprint density at radius 2 is 1.95 bits per heavy atom. The summed E-state index contributed by atoms with van der Waals surface area (Å²) in [5, 5.41) is 2.17. The van der Waals surface area contributed by atoms with Gasteiger partial charge in [0, 0.05) is 0 Å². The predicted molar refractivity (Wildman–Crippen MR) is 67.8 cm³/mol. The van der Waals surface area contributed by atoms with Crippen molar-refractivity contribution >= 4 is 11.7 Å². The van der Waals surface area contributed by atoms with E-state index < -0.39 is 36.9 Å². The standard InChI is InChI=1S/C13H13F5N2O2/c14-11(15)7-22-8-5-20(6-8)12(21)19-10-4-2-1-3-9(10)13(16,17)18/h1-4,8,11H,5-7H2,(H,19,21). The molecule has 0 aromatic heterocycles. The third-order valence-electron chi connectivity index (χ3n) is 3.07. The largest absolute Gasteiger partial charge is 0.418 e. The minimum absolute atomic E-state index is 0.0622. The lowest BCUT2D eigenvalue weighted by molar-refractivity contribution is -0.136. The van der Waals surface area contributed by atoms with Crippen LogP contribution in [0.5, 0.6) is 0 Å². The predicted octanol–water partition coefficient (Wildman–Crippen LogP) is 3.20. The molecule has 1 saturated heterocycles. The maximum absolute atomic E-state index is 12.8. The van der Waals surface area contributed by atoms with Gasteiger partial charge in [0.2, 0.25) is 0 Å². The van der Waals surface area contributed by atoms with E-state index in [0.717, 1.165) is 12.1 Å². The number of alkyl halides is 5. The summed E-state index contributed by atoms with van der Waals surface area (Å²) in [6.45, 7) is -0.601. The van der Waals surface area contributed by atoms with E-state index in [0.29, 0.717) is 0 Å². The number of anilines is 1. The fraction of sp³-hybridized carbons (Fsp3) is 0.462. The van der Waals surface area contributed by atoms with Crippen LogP contribution >= 0.6 is 0 Å². The minimum atomic E-state index is -4.58. The lowest BCUT2D eigenvalue weighted by Crippen LogP contribution is -2.56. The molecule has 1 heterocycles. The van der Waals surface area contributed by atoms with Crippen LogP contribution in [0.15, 0.2) is 24.3 Å². The average molecular weight is 324 g/mol. The molecule has 9 heteroatoms. The molecule has 0 spiro atoms. The topological polar surface area (TPSA) is 41.6 Å². The molecule has 1 aromatic carbocycles. The van der Waals surface area contributed by atoms with Gasteiger partial charge < -0.3 is 15.0 Å². The van der Waals surface area contributed by atoms with Gasteiger partial charge in [-0.1, -0.05) is 12.1 Å². The van der Waals surface area contributed by atoms with Gasteiger partial charge in [-0.3, -0.25) is 0 Å². The number of ether oxygens (including phenoxy) is 1. The highest BCUT2D eigenvalue weighted by atomic mass is 19.4. The van der Waals surface area contributed by atoms with Crippen LogP contribution < -0.4 is 5.32 Å². The number of nitrogens with zero attached hydrogens (tertiary/aromatic N) is 1. The molecular formula is C13H13F5N2O2. The molecule has 0 saturated carbocycles. The van der Waals surface area contributed by atoms with Crippen molar-refractivity contribution in [2.75, 3.05) is 25.0 Å². The van der Waals surface area contributed by atoms with Crippen molar-refractivity contribution in [1.82, 2.24) is 4.90 Å². The molecule has 0 atom stereocenters. The highest BCUT2D eigenvalue weighted by Gasteiger charge is 2.36. The van der Waals surface area contributed by atoms with Gasteiger partial charge in [-0.05, 0) is 12.1 Å². The Morgan fingerprint density at radius 3 is 2.55 bits per heavy atom. The molecule has 1 aromatic rings. The van der Waals surface area contributed by atoms with Gasteiger partial charge in [-0.25, -0.2) is 13.6 Å². The normalized spacial score (nSPS) is 15.8. The van der Waals surface area contributed by atoms with Gasteiger partial charge in [0.15, 0.2) is 0 Å². The van der Waals surface area contributed by atoms with Crippen molar-refractivity contribution in [3.05, 3.63) is 29.8 Å². The van der Waals surface area contributed by atoms with E-state index in [1.807, 2.05) is 0 Å². The van der Waals surface area contributed by atoms with Crippen LogP contribution in [0.3, 0.4) is 0 Å². The highest BCUT2D eigenvalue weighted by Crippen LogP contribution is 2.34. The Balaban J connectivity index is 1.89. The van der Waals surface area contributed by atoms with Crippen molar-refractivity contribution in [2.24, 2.45) is 0 Å². The Kier molecular flexibility index (Phi) is 4.84. The second-order valence-corrected chi connectivity index (χ2v) is 4.72. The lowest BCUT2D eigenvalue weighted by Gasteiger charge is -2.38. The van der Waals surface area contributed by atoms with Gasteiger partial charge in [0.05, 0.1) is 30.4 Å². The number of benzene rings is 1. The first kappa shape index (κ1) is 16.5. The Bertz CT molecular complexity index is 529. The molecule has 2 rings (SSSR count). The van der Waals surface area contributed by atoms with E-state index >= 15 is 0 Å². The number of carbonyl (C=O) groups is 1. The zero-order chi connectivity index (χ0) is 16.3. The van der Waals surface area contributed by atoms with Crippen LogP contribution in [0.25, 0.3) is 0 Å². The number of halogens is 5. The number of amides is 2. The van der Waals surface area contributed by atoms with Crippen LogP contribution in [-0.4, -0.2) is 43.2 Å². The maximum Gasteiger partial charge on any atom is 0.418 e. The number of nitrogens with one attached hydrogen (secondary N) is 1. The van der Waals surface area contributed by atoms with Gasteiger partial charge >= 0.3 is 12.2 Å². The number of hydrogen-bond acceptors (Lipinski definition) is 2. The Hall–Kier alpha value is -1.90. The van der Waals surface area contributed by atoms with Gasteiger partial charge in [0.1, 0.15) is 6.61 Å². The molecule has 0 radical (unpaired) electrons. The van der Waals surface area contributed by atoms with Gasteiger partial charge in [-0.15, -0.1) is 0 Å². The van der Waals surface area contributed by atoms with E-state index in [1.54, 1.807) is 0 Å². The first-order valence-electron chi connectivity index (χ1n) is 6.39. The molecule has 1 N–H and O–H groups in total. The number of hydrogen-bond donors (Lipinski definition) is 1. The average Bonchev–Trinajstić information content (AvgIpc) is 2.35. The van der Waals surface area contributed by atoms with E-state index in [1.165, 1.54) is 17.0 Å². The molecule has 0 aliphatic carbocycles. The summed E-state index contributed by atoms with van der Waals surface area (Å²) in [6.07, 6.45) is -7.69. The van der Waals surface area contributed by atoms with E-state index in [4.69, 9.17) is 4.74 Å². The second kappa shape index (κ2) is 6.47. The number of para-hydroxylation sites is 1. The molecule has 122 valence electrons. The second-order valence-electron chi connectivity index (χ2n) is 4.72. The van der Waals surface area contributed by atoms with Crippen LogP contribution in [0.2, 0.25) is 0 Å². The summed E-state index contributed by atoms with van der Waals surface area (Å²) in [7, 11) is 0. The van der Waals surface area contributed by atoms with Crippen molar-refractivity contribution in [3.8, 4) is 0 Å². The van der Waals surface area contributed by atoms with Crippen molar-refractivity contribution in [1.29, 1.82) is 0 Å². The maximum atomic E-state index is 12.8. The fourth-order valence-corrected chi connectivity index (χ4v) is 1.95. The van der Waals surface area contributed by atoms with E-state index in [9.17, 15) is 26.7 Å². The van der Waals surface area contributed by atoms with Gasteiger partial charge in [0.25, 0.3) is 6.43 Å². The molecule has 1 fully saturated rings. The summed E-state index contributed by atoms with van der Waals surface area (Å²) >= 11 is 0. The lowest BCUT2D eigenvalue weighted by atomic mass is 10.1. The summed E-state index contributed by atoms with van der Waals surface area (Å²) in [5.41, 5.74) is -1.30. The van der Waals surface area contributed by atoms with E-state index in [2.05, 4.69) is 5.32 Å². The fourth-order valence-electron chi connectivity index (χ4n) is 1.95. The molecule has 1 aliphatic rings. The van der Waals surface area contributed by atoms with Crippen LogP contribution in [0.1, 0.15) is 5.56 Å². The molecule has 0 bridgehead atoms. The quantitative estimate of drug-likeness (QED) is 0.864. The van der Waals surface area contributed by atoms with Crippen LogP contribution in [0.4, 0.5) is 32.4 Å². The van der Waals surface area contributed by atoms with E-state index in [-0.39, 0.29) is 18.8 Å². The summed E-state index contributed by atoms with van der Waals surface area (Å²) < 4.78 is 67.0. The number of likely N-dealkylation sites (tertiary alicyclic amines) is 1. The highest BCUT2D eigenvalue weighted by molar-refractivity contribution is 5.90. The molecule has 2 amide bonds. The number of urea groups is 1. The Labute approximate surface area is 122 Å². The third kappa shape index (κ3) is 4.06. The smallest absolute Gasteiger partial charge is 0.369 e. The molecular weight excluding hydrogens is 311 g/mol. The van der Waals surface area contributed by atoms with Crippen LogP contribution in [-0.2, 0) is 10.9 Å². The number of rotatable bonds is 4. The summed E-state index contributed by atoms with van der Waals surface area (Å²) in [4.78, 5) is 13.0. The summed E-state index contributed by atoms with van der Waals surface area (Å²) in [5.74, 6) is 0. The Morgan fingerprint density at radius 1 is 1.32 bits per heavy atom. The third-order valence-corrected chi connectivity index (χ3v) is 3.07. The first-order chi connectivity index (χ1) is 10.3. The van der Waals surface area contributed by atoms with Crippen molar-refractivity contribution < 1.29 is 31.5 Å². The summed E-state index contributed by atoms with van der Waals surface area (Å²) in [6, 6.07) is 3.87. The zero-order valence-corrected chi connectivity index (χ0v) is 11.2. The molecule has 0 unspecified atom stereocenters. The van der Waals surface area contributed by atoms with Crippen LogP contribution in [0, 0.1) is 0 Å². The molecule has 22 heavy (non-hydrogen) atoms. The zero-order valence-electron chi connectivity index (χ0n) is 11.2. The van der Waals surface area contributed by atoms with Gasteiger partial charge in [-0.2, -0.15) is 13.2 Å². The van der Waals surface area contributed by atoms with Crippen molar-refractivity contribution in [3.63, 3.8) is 0 Å². The molecule has 1 aliphatic heterocycles. The minimum Gasteiger partial charge on any atom is -0.369 e. The van der Waals surface area contributed by atoms with Crippen molar-refractivity contribution in [2.45, 2.75) is 18.7 Å². The molecule has 4 nitrogen and oxygen atoms in total. The SMILES string of the molecule is O=C(Nc1ccccc1C(F)(F)F)N1CC(OCC(F)F)C1. The number of carbonyl (C=O) groups excluding carboxylic acids is 1. The monoisotopic (exact) mass is 324 g/mol.